The van der Waals surface area contributed by atoms with Gasteiger partial charge in [0, 0.05) is 18.5 Å². The maximum atomic E-state index is 10.9. The molecule has 0 amide bonds. The standard InChI is InChI=1S/C12H13NO3/c1-8(16-9(2)14)13-7-6-10-11(13)4-3-5-12(10)15/h3-8,15H,1-2H3. The number of nitrogens with zero attached hydrogens (tertiary/aromatic N) is 1. The van der Waals surface area contributed by atoms with E-state index in [-0.39, 0.29) is 17.9 Å². The molecule has 16 heavy (non-hydrogen) atoms. The largest absolute Gasteiger partial charge is 0.507 e. The minimum absolute atomic E-state index is 0.228. The van der Waals surface area contributed by atoms with Crippen molar-refractivity contribution in [2.45, 2.75) is 20.1 Å². The molecule has 1 atom stereocenters. The van der Waals surface area contributed by atoms with Gasteiger partial charge < -0.3 is 14.4 Å². The van der Waals surface area contributed by atoms with E-state index in [1.54, 1.807) is 35.9 Å². The second kappa shape index (κ2) is 3.89. The van der Waals surface area contributed by atoms with Crippen molar-refractivity contribution in [1.82, 2.24) is 4.57 Å². The van der Waals surface area contributed by atoms with Crippen LogP contribution in [0.2, 0.25) is 0 Å². The summed E-state index contributed by atoms with van der Waals surface area (Å²) in [6.07, 6.45) is 1.41. The predicted octanol–water partition coefficient (Wildman–Crippen LogP) is 2.43. The van der Waals surface area contributed by atoms with Crippen LogP contribution < -0.4 is 0 Å². The molecule has 1 unspecified atom stereocenters. The fourth-order valence-electron chi connectivity index (χ4n) is 1.79. The summed E-state index contributed by atoms with van der Waals surface area (Å²) in [6, 6.07) is 7.05. The predicted molar refractivity (Wildman–Crippen MR) is 60.1 cm³/mol. The van der Waals surface area contributed by atoms with Gasteiger partial charge in [-0.15, -0.1) is 0 Å². The number of fused-ring (bicyclic) bond motifs is 1. The quantitative estimate of drug-likeness (QED) is 0.789. The van der Waals surface area contributed by atoms with Crippen LogP contribution in [-0.2, 0) is 9.53 Å². The van der Waals surface area contributed by atoms with Crippen molar-refractivity contribution >= 4 is 16.9 Å². The van der Waals surface area contributed by atoms with E-state index < -0.39 is 0 Å². The molecule has 1 N–H and O–H groups in total. The first-order chi connectivity index (χ1) is 7.59. The lowest BCUT2D eigenvalue weighted by molar-refractivity contribution is -0.149. The number of phenols is 1. The monoisotopic (exact) mass is 219 g/mol. The van der Waals surface area contributed by atoms with E-state index in [1.807, 2.05) is 6.07 Å². The van der Waals surface area contributed by atoms with Gasteiger partial charge in [0.15, 0.2) is 6.23 Å². The second-order valence-corrected chi connectivity index (χ2v) is 3.64. The normalized spacial score (nSPS) is 12.6. The highest BCUT2D eigenvalue weighted by atomic mass is 16.6. The first-order valence-electron chi connectivity index (χ1n) is 5.05. The topological polar surface area (TPSA) is 51.5 Å². The van der Waals surface area contributed by atoms with Crippen LogP contribution in [0.5, 0.6) is 5.75 Å². The minimum Gasteiger partial charge on any atom is -0.507 e. The summed E-state index contributed by atoms with van der Waals surface area (Å²) in [5.41, 5.74) is 0.841. The van der Waals surface area contributed by atoms with Crippen LogP contribution in [0.3, 0.4) is 0 Å². The van der Waals surface area contributed by atoms with Gasteiger partial charge in [-0.2, -0.15) is 0 Å². The van der Waals surface area contributed by atoms with Crippen LogP contribution in [0, 0.1) is 0 Å². The van der Waals surface area contributed by atoms with Crippen LogP contribution in [-0.4, -0.2) is 15.6 Å². The molecule has 1 aromatic carbocycles. The summed E-state index contributed by atoms with van der Waals surface area (Å²) in [5.74, 6) is -0.0965. The van der Waals surface area contributed by atoms with Crippen LogP contribution in [0.4, 0.5) is 0 Å². The fraction of sp³-hybridized carbons (Fsp3) is 0.250. The molecule has 0 aliphatic carbocycles. The van der Waals surface area contributed by atoms with E-state index in [4.69, 9.17) is 4.74 Å². The molecule has 0 saturated heterocycles. The number of hydrogen-bond donors (Lipinski definition) is 1. The van der Waals surface area contributed by atoms with Crippen molar-refractivity contribution in [2.75, 3.05) is 0 Å². The Bertz CT molecular complexity index is 530. The minimum atomic E-state index is -0.378. The molecular weight excluding hydrogens is 206 g/mol. The zero-order chi connectivity index (χ0) is 11.7. The van der Waals surface area contributed by atoms with Crippen LogP contribution in [0.25, 0.3) is 10.9 Å². The Balaban J connectivity index is 2.46. The zero-order valence-electron chi connectivity index (χ0n) is 9.18. The number of aromatic hydroxyl groups is 1. The maximum Gasteiger partial charge on any atom is 0.304 e. The zero-order valence-corrected chi connectivity index (χ0v) is 9.18. The van der Waals surface area contributed by atoms with E-state index in [2.05, 4.69) is 0 Å². The molecule has 0 radical (unpaired) electrons. The molecular formula is C12H13NO3. The van der Waals surface area contributed by atoms with Gasteiger partial charge in [0.1, 0.15) is 5.75 Å². The average molecular weight is 219 g/mol. The lowest BCUT2D eigenvalue weighted by Gasteiger charge is -2.14. The molecule has 0 fully saturated rings. The van der Waals surface area contributed by atoms with E-state index in [0.29, 0.717) is 0 Å². The molecule has 0 spiro atoms. The Morgan fingerprint density at radius 3 is 2.88 bits per heavy atom. The third-order valence-electron chi connectivity index (χ3n) is 2.47. The van der Waals surface area contributed by atoms with Gasteiger partial charge >= 0.3 is 5.97 Å². The van der Waals surface area contributed by atoms with Gasteiger partial charge in [0.05, 0.1) is 5.52 Å². The SMILES string of the molecule is CC(=O)OC(C)n1ccc2c(O)cccc21. The maximum absolute atomic E-state index is 10.9. The molecule has 0 aliphatic rings. The first-order valence-corrected chi connectivity index (χ1v) is 5.05. The number of rotatable bonds is 2. The lowest BCUT2D eigenvalue weighted by atomic mass is 10.2. The molecule has 1 aromatic heterocycles. The fourth-order valence-corrected chi connectivity index (χ4v) is 1.79. The first kappa shape index (κ1) is 10.5. The number of hydrogen-bond acceptors (Lipinski definition) is 3. The molecule has 2 aromatic rings. The average Bonchev–Trinajstić information content (AvgIpc) is 2.61. The highest BCUT2D eigenvalue weighted by Crippen LogP contribution is 2.27. The Hall–Kier alpha value is -1.97. The van der Waals surface area contributed by atoms with E-state index in [0.717, 1.165) is 10.9 Å². The Morgan fingerprint density at radius 2 is 2.19 bits per heavy atom. The summed E-state index contributed by atoms with van der Waals surface area (Å²) >= 11 is 0. The van der Waals surface area contributed by atoms with Gasteiger partial charge in [0.25, 0.3) is 0 Å². The molecule has 1 heterocycles. The van der Waals surface area contributed by atoms with Crippen LogP contribution >= 0.6 is 0 Å². The molecule has 0 aliphatic heterocycles. The van der Waals surface area contributed by atoms with Gasteiger partial charge in [-0.05, 0) is 25.1 Å². The summed E-state index contributed by atoms with van der Waals surface area (Å²) in [5, 5.41) is 10.4. The summed E-state index contributed by atoms with van der Waals surface area (Å²) < 4.78 is 6.89. The van der Waals surface area contributed by atoms with Crippen LogP contribution in [0.1, 0.15) is 20.1 Å². The number of aromatic nitrogens is 1. The highest BCUT2D eigenvalue weighted by molar-refractivity contribution is 5.86. The number of benzene rings is 1. The smallest absolute Gasteiger partial charge is 0.304 e. The number of carbonyl (C=O) groups excluding carboxylic acids is 1. The second-order valence-electron chi connectivity index (χ2n) is 3.64. The highest BCUT2D eigenvalue weighted by Gasteiger charge is 2.11. The third kappa shape index (κ3) is 1.74. The van der Waals surface area contributed by atoms with Gasteiger partial charge in [-0.3, -0.25) is 4.79 Å². The van der Waals surface area contributed by atoms with E-state index >= 15 is 0 Å². The van der Waals surface area contributed by atoms with Gasteiger partial charge in [-0.25, -0.2) is 0 Å². The Morgan fingerprint density at radius 1 is 1.44 bits per heavy atom. The van der Waals surface area contributed by atoms with Crippen LogP contribution in [0.15, 0.2) is 30.5 Å². The van der Waals surface area contributed by atoms with Crippen molar-refractivity contribution in [3.63, 3.8) is 0 Å². The number of carbonyl (C=O) groups is 1. The van der Waals surface area contributed by atoms with E-state index in [9.17, 15) is 9.90 Å². The molecule has 4 nitrogen and oxygen atoms in total. The molecule has 0 saturated carbocycles. The molecule has 0 bridgehead atoms. The number of esters is 1. The Kier molecular flexibility index (Phi) is 2.56. The molecule has 84 valence electrons. The lowest BCUT2D eigenvalue weighted by Crippen LogP contribution is -2.11. The van der Waals surface area contributed by atoms with Crippen molar-refractivity contribution in [1.29, 1.82) is 0 Å². The van der Waals surface area contributed by atoms with Crippen molar-refractivity contribution in [3.05, 3.63) is 30.5 Å². The number of ether oxygens (including phenoxy) is 1. The van der Waals surface area contributed by atoms with Gasteiger partial charge in [0.2, 0.25) is 0 Å². The van der Waals surface area contributed by atoms with Crippen molar-refractivity contribution in [3.8, 4) is 5.75 Å². The summed E-state index contributed by atoms with van der Waals surface area (Å²) in [7, 11) is 0. The Labute approximate surface area is 93.1 Å². The number of phenolic OH excluding ortho intramolecular Hbond substituents is 1. The molecule has 2 rings (SSSR count). The third-order valence-corrected chi connectivity index (χ3v) is 2.47. The van der Waals surface area contributed by atoms with Gasteiger partial charge in [-0.1, -0.05) is 6.07 Å². The van der Waals surface area contributed by atoms with E-state index in [1.165, 1.54) is 6.92 Å². The summed E-state index contributed by atoms with van der Waals surface area (Å²) in [4.78, 5) is 10.9. The van der Waals surface area contributed by atoms with Crippen molar-refractivity contribution < 1.29 is 14.6 Å². The summed E-state index contributed by atoms with van der Waals surface area (Å²) in [6.45, 7) is 3.16. The van der Waals surface area contributed by atoms with Crippen molar-refractivity contribution in [2.24, 2.45) is 0 Å². The molecule has 4 heteroatoms.